The van der Waals surface area contributed by atoms with Crippen LogP contribution in [-0.2, 0) is 11.2 Å². The minimum Gasteiger partial charge on any atom is -0.381 e. The zero-order chi connectivity index (χ0) is 13.1. The van der Waals surface area contributed by atoms with E-state index in [9.17, 15) is 0 Å². The zero-order valence-electron chi connectivity index (χ0n) is 11.5. The Morgan fingerprint density at radius 3 is 2.74 bits per heavy atom. The molecule has 4 heteroatoms. The van der Waals surface area contributed by atoms with Gasteiger partial charge in [0.05, 0.1) is 11.7 Å². The van der Waals surface area contributed by atoms with E-state index in [0.717, 1.165) is 32.5 Å². The lowest BCUT2D eigenvalue weighted by atomic mass is 9.78. The van der Waals surface area contributed by atoms with E-state index in [1.807, 2.05) is 0 Å². The van der Waals surface area contributed by atoms with Crippen LogP contribution in [-0.4, -0.2) is 28.9 Å². The summed E-state index contributed by atoms with van der Waals surface area (Å²) in [4.78, 5) is 0. The van der Waals surface area contributed by atoms with Crippen LogP contribution in [0, 0.1) is 5.41 Å². The Bertz CT molecular complexity index is 406. The number of alkyl halides is 1. The topological polar surface area (TPSA) is 27.1 Å². The van der Waals surface area contributed by atoms with Gasteiger partial charge in [-0.25, -0.2) is 0 Å². The molecule has 1 saturated carbocycles. The van der Waals surface area contributed by atoms with E-state index >= 15 is 0 Å². The summed E-state index contributed by atoms with van der Waals surface area (Å²) in [6, 6.07) is 2.82. The van der Waals surface area contributed by atoms with Gasteiger partial charge in [-0.15, -0.1) is 11.6 Å². The summed E-state index contributed by atoms with van der Waals surface area (Å²) in [7, 11) is 0. The van der Waals surface area contributed by atoms with Crippen molar-refractivity contribution in [1.82, 2.24) is 9.78 Å². The molecule has 0 unspecified atom stereocenters. The summed E-state index contributed by atoms with van der Waals surface area (Å²) in [5, 5.41) is 4.80. The Labute approximate surface area is 120 Å². The normalized spacial score (nSPS) is 23.8. The molecule has 1 aliphatic carbocycles. The lowest BCUT2D eigenvalue weighted by molar-refractivity contribution is 0.0252. The van der Waals surface area contributed by atoms with Crippen molar-refractivity contribution in [1.29, 1.82) is 0 Å². The second-order valence-corrected chi connectivity index (χ2v) is 6.42. The highest BCUT2D eigenvalue weighted by Crippen LogP contribution is 2.36. The molecule has 0 spiro atoms. The fourth-order valence-corrected chi connectivity index (χ4v) is 3.75. The van der Waals surface area contributed by atoms with Crippen LogP contribution in [0.25, 0.3) is 0 Å². The van der Waals surface area contributed by atoms with E-state index in [4.69, 9.17) is 21.4 Å². The molecule has 2 aliphatic rings. The van der Waals surface area contributed by atoms with Crippen LogP contribution in [0.15, 0.2) is 12.3 Å². The van der Waals surface area contributed by atoms with Crippen LogP contribution in [0.4, 0.5) is 0 Å². The third-order valence-corrected chi connectivity index (χ3v) is 5.32. The van der Waals surface area contributed by atoms with Crippen LogP contribution in [0.1, 0.15) is 50.3 Å². The molecular formula is C15H23ClN2O. The van der Waals surface area contributed by atoms with Crippen LogP contribution in [0.2, 0.25) is 0 Å². The van der Waals surface area contributed by atoms with Crippen molar-refractivity contribution in [3.8, 4) is 0 Å². The Morgan fingerprint density at radius 1 is 1.32 bits per heavy atom. The summed E-state index contributed by atoms with van der Waals surface area (Å²) in [5.41, 5.74) is 1.41. The fourth-order valence-electron chi connectivity index (χ4n) is 3.39. The Morgan fingerprint density at radius 2 is 2.05 bits per heavy atom. The molecule has 1 aromatic heterocycles. The molecule has 1 aliphatic heterocycles. The molecule has 0 N–H and O–H groups in total. The third-order valence-electron chi connectivity index (χ3n) is 4.76. The molecule has 3 rings (SSSR count). The third kappa shape index (κ3) is 2.97. The van der Waals surface area contributed by atoms with Crippen LogP contribution in [0.5, 0.6) is 0 Å². The average molecular weight is 283 g/mol. The van der Waals surface area contributed by atoms with Gasteiger partial charge < -0.3 is 4.74 Å². The molecule has 19 heavy (non-hydrogen) atoms. The average Bonchev–Trinajstić information content (AvgIpc) is 3.10. The molecule has 2 heterocycles. The van der Waals surface area contributed by atoms with Gasteiger partial charge in [0.1, 0.15) is 0 Å². The van der Waals surface area contributed by atoms with E-state index in [1.165, 1.54) is 31.4 Å². The second kappa shape index (κ2) is 5.84. The largest absolute Gasteiger partial charge is 0.381 e. The lowest BCUT2D eigenvalue weighted by Crippen LogP contribution is -2.33. The van der Waals surface area contributed by atoms with Gasteiger partial charge in [-0.2, -0.15) is 5.10 Å². The van der Waals surface area contributed by atoms with Gasteiger partial charge >= 0.3 is 0 Å². The van der Waals surface area contributed by atoms with Gasteiger partial charge in [-0.1, -0.05) is 12.8 Å². The molecule has 106 valence electrons. The van der Waals surface area contributed by atoms with E-state index in [-0.39, 0.29) is 5.41 Å². The van der Waals surface area contributed by atoms with Crippen molar-refractivity contribution < 1.29 is 4.74 Å². The molecule has 0 aromatic carbocycles. The Hall–Kier alpha value is -0.540. The quantitative estimate of drug-likeness (QED) is 0.790. The van der Waals surface area contributed by atoms with E-state index < -0.39 is 0 Å². The molecule has 2 fully saturated rings. The molecule has 0 amide bonds. The van der Waals surface area contributed by atoms with Crippen molar-refractivity contribution in [3.63, 3.8) is 0 Å². The van der Waals surface area contributed by atoms with Crippen molar-refractivity contribution in [2.75, 3.05) is 19.1 Å². The monoisotopic (exact) mass is 282 g/mol. The first-order valence-corrected chi connectivity index (χ1v) is 8.03. The highest BCUT2D eigenvalue weighted by molar-refractivity contribution is 6.18. The molecule has 0 radical (unpaired) electrons. The Kier molecular flexibility index (Phi) is 4.13. The highest BCUT2D eigenvalue weighted by Gasteiger charge is 2.33. The van der Waals surface area contributed by atoms with Crippen LogP contribution in [0.3, 0.4) is 0 Å². The van der Waals surface area contributed by atoms with Gasteiger partial charge in [-0.3, -0.25) is 4.68 Å². The number of halogens is 1. The van der Waals surface area contributed by atoms with Crippen molar-refractivity contribution in [2.45, 2.75) is 51.0 Å². The number of hydrogen-bond donors (Lipinski definition) is 0. The van der Waals surface area contributed by atoms with Crippen molar-refractivity contribution in [2.24, 2.45) is 5.41 Å². The molecule has 0 bridgehead atoms. The van der Waals surface area contributed by atoms with E-state index in [2.05, 4.69) is 16.9 Å². The summed E-state index contributed by atoms with van der Waals surface area (Å²) >= 11 is 6.23. The smallest absolute Gasteiger partial charge is 0.0630 e. The molecule has 1 aromatic rings. The predicted molar refractivity (Wildman–Crippen MR) is 76.6 cm³/mol. The van der Waals surface area contributed by atoms with Gasteiger partial charge in [0.2, 0.25) is 0 Å². The van der Waals surface area contributed by atoms with Crippen LogP contribution < -0.4 is 0 Å². The molecule has 0 atom stereocenters. The predicted octanol–water partition coefficient (Wildman–Crippen LogP) is 3.58. The van der Waals surface area contributed by atoms with Gasteiger partial charge in [0.25, 0.3) is 0 Å². The number of rotatable bonds is 4. The summed E-state index contributed by atoms with van der Waals surface area (Å²) < 4.78 is 7.65. The number of aromatic nitrogens is 2. The molecule has 3 nitrogen and oxygen atoms in total. The summed E-state index contributed by atoms with van der Waals surface area (Å²) in [5.74, 6) is 0.715. The minimum atomic E-state index is 0.203. The summed E-state index contributed by atoms with van der Waals surface area (Å²) in [6.07, 6.45) is 10.6. The maximum atomic E-state index is 6.23. The second-order valence-electron chi connectivity index (χ2n) is 6.15. The minimum absolute atomic E-state index is 0.203. The standard InChI is InChI=1S/C15H23ClN2O/c16-12-15(6-9-19-10-7-15)11-13-5-8-18(17-13)14-3-1-2-4-14/h5,8,14H,1-4,6-7,9-12H2. The highest BCUT2D eigenvalue weighted by atomic mass is 35.5. The number of hydrogen-bond acceptors (Lipinski definition) is 2. The SMILES string of the molecule is ClCC1(Cc2ccn(C3CCCC3)n2)CCOCC1. The van der Waals surface area contributed by atoms with Crippen molar-refractivity contribution in [3.05, 3.63) is 18.0 Å². The van der Waals surface area contributed by atoms with Crippen molar-refractivity contribution >= 4 is 11.6 Å². The molecular weight excluding hydrogens is 260 g/mol. The summed E-state index contributed by atoms with van der Waals surface area (Å²) in [6.45, 7) is 1.69. The number of nitrogens with zero attached hydrogens (tertiary/aromatic N) is 2. The fraction of sp³-hybridized carbons (Fsp3) is 0.800. The van der Waals surface area contributed by atoms with Gasteiger partial charge in [-0.05, 0) is 43.6 Å². The first-order valence-electron chi connectivity index (χ1n) is 7.49. The van der Waals surface area contributed by atoms with E-state index in [1.54, 1.807) is 0 Å². The number of ether oxygens (including phenoxy) is 1. The van der Waals surface area contributed by atoms with Gasteiger partial charge in [0.15, 0.2) is 0 Å². The maximum absolute atomic E-state index is 6.23. The Balaban J connectivity index is 1.68. The first kappa shape index (κ1) is 13.4. The van der Waals surface area contributed by atoms with Gasteiger partial charge in [0, 0.05) is 25.3 Å². The first-order chi connectivity index (χ1) is 9.31. The molecule has 1 saturated heterocycles. The lowest BCUT2D eigenvalue weighted by Gasteiger charge is -2.34. The maximum Gasteiger partial charge on any atom is 0.0630 e. The van der Waals surface area contributed by atoms with Crippen LogP contribution >= 0.6 is 11.6 Å². The zero-order valence-corrected chi connectivity index (χ0v) is 12.2. The van der Waals surface area contributed by atoms with E-state index in [0.29, 0.717) is 11.9 Å².